The molecule has 1 aliphatic rings. The van der Waals surface area contributed by atoms with E-state index >= 15 is 0 Å². The zero-order valence-electron chi connectivity index (χ0n) is 9.20. The highest BCUT2D eigenvalue weighted by atomic mass is 32.2. The van der Waals surface area contributed by atoms with Gasteiger partial charge < -0.3 is 0 Å². The van der Waals surface area contributed by atoms with Crippen molar-refractivity contribution in [3.8, 4) is 0 Å². The van der Waals surface area contributed by atoms with Crippen molar-refractivity contribution < 1.29 is 8.42 Å². The van der Waals surface area contributed by atoms with Crippen molar-refractivity contribution >= 4 is 20.9 Å². The fourth-order valence-electron chi connectivity index (χ4n) is 2.25. The van der Waals surface area contributed by atoms with Gasteiger partial charge in [0.15, 0.2) is 9.84 Å². The van der Waals surface area contributed by atoms with Crippen molar-refractivity contribution in [2.45, 2.75) is 18.1 Å². The van der Waals surface area contributed by atoms with Gasteiger partial charge in [-0.15, -0.1) is 0 Å². The molecular weight excluding hydrogens is 236 g/mol. The van der Waals surface area contributed by atoms with Crippen LogP contribution in [0.4, 0.5) is 0 Å². The number of hydrogen-bond donors (Lipinski definition) is 0. The second-order valence-electron chi connectivity index (χ2n) is 4.28. The first kappa shape index (κ1) is 10.7. The minimum atomic E-state index is -3.01. The number of fused-ring (bicyclic) bond motifs is 1. The number of sulfone groups is 1. The smallest absolute Gasteiger partial charge is 0.158 e. The van der Waals surface area contributed by atoms with Crippen LogP contribution in [0.2, 0.25) is 0 Å². The van der Waals surface area contributed by atoms with Crippen molar-refractivity contribution in [2.24, 2.45) is 0 Å². The van der Waals surface area contributed by atoms with E-state index in [9.17, 15) is 8.42 Å². The SMILES string of the molecule is O=S1(=O)CCCC1c1cnc2ccccc2n1. The molecule has 4 nitrogen and oxygen atoms in total. The molecule has 0 N–H and O–H groups in total. The van der Waals surface area contributed by atoms with Crippen LogP contribution in [0.5, 0.6) is 0 Å². The maximum absolute atomic E-state index is 11.8. The van der Waals surface area contributed by atoms with E-state index in [4.69, 9.17) is 0 Å². The number of nitrogens with zero attached hydrogens (tertiary/aromatic N) is 2. The quantitative estimate of drug-likeness (QED) is 0.773. The summed E-state index contributed by atoms with van der Waals surface area (Å²) in [5.74, 6) is 0.270. The maximum Gasteiger partial charge on any atom is 0.158 e. The van der Waals surface area contributed by atoms with E-state index in [2.05, 4.69) is 9.97 Å². The summed E-state index contributed by atoms with van der Waals surface area (Å²) < 4.78 is 23.7. The molecular formula is C12H12N2O2S. The molecule has 1 aromatic heterocycles. The van der Waals surface area contributed by atoms with Gasteiger partial charge in [0.2, 0.25) is 0 Å². The van der Waals surface area contributed by atoms with Crippen LogP contribution in [0, 0.1) is 0 Å². The molecule has 0 aliphatic carbocycles. The lowest BCUT2D eigenvalue weighted by atomic mass is 10.2. The Hall–Kier alpha value is -1.49. The highest BCUT2D eigenvalue weighted by Gasteiger charge is 2.33. The zero-order chi connectivity index (χ0) is 11.9. The normalized spacial score (nSPS) is 22.9. The molecule has 3 rings (SSSR count). The minimum absolute atomic E-state index is 0.270. The summed E-state index contributed by atoms with van der Waals surface area (Å²) in [5.41, 5.74) is 2.14. The second kappa shape index (κ2) is 3.77. The molecule has 0 bridgehead atoms. The number of aromatic nitrogens is 2. The van der Waals surface area contributed by atoms with Crippen LogP contribution in [-0.4, -0.2) is 24.1 Å². The summed E-state index contributed by atoms with van der Waals surface area (Å²) in [6.07, 6.45) is 2.98. The van der Waals surface area contributed by atoms with Gasteiger partial charge in [-0.3, -0.25) is 4.98 Å². The molecule has 5 heteroatoms. The molecule has 1 aliphatic heterocycles. The predicted octanol–water partition coefficient (Wildman–Crippen LogP) is 1.88. The molecule has 2 aromatic rings. The van der Waals surface area contributed by atoms with Gasteiger partial charge >= 0.3 is 0 Å². The average Bonchev–Trinajstić information content (AvgIpc) is 2.68. The molecule has 1 fully saturated rings. The standard InChI is InChI=1S/C12H12N2O2S/c15-17(16)7-3-6-12(17)11-8-13-9-4-1-2-5-10(9)14-11/h1-2,4-5,8,12H,3,6-7H2. The van der Waals surface area contributed by atoms with Gasteiger partial charge in [-0.1, -0.05) is 12.1 Å². The van der Waals surface area contributed by atoms with E-state index in [1.807, 2.05) is 24.3 Å². The second-order valence-corrected chi connectivity index (χ2v) is 6.58. The van der Waals surface area contributed by atoms with Gasteiger partial charge in [0.1, 0.15) is 5.25 Å². The van der Waals surface area contributed by atoms with Crippen LogP contribution >= 0.6 is 0 Å². The van der Waals surface area contributed by atoms with Gasteiger partial charge in [0.05, 0.1) is 28.7 Å². The molecule has 1 unspecified atom stereocenters. The topological polar surface area (TPSA) is 59.9 Å². The summed E-state index contributed by atoms with van der Waals surface area (Å²) in [6, 6.07) is 7.50. The molecule has 1 atom stereocenters. The van der Waals surface area contributed by atoms with Gasteiger partial charge in [-0.25, -0.2) is 13.4 Å². The van der Waals surface area contributed by atoms with E-state index in [0.29, 0.717) is 12.1 Å². The maximum atomic E-state index is 11.8. The summed E-state index contributed by atoms with van der Waals surface area (Å²) in [7, 11) is -3.01. The first-order valence-corrected chi connectivity index (χ1v) is 7.32. The molecule has 88 valence electrons. The average molecular weight is 248 g/mol. The summed E-state index contributed by atoms with van der Waals surface area (Å²) in [6.45, 7) is 0. The van der Waals surface area contributed by atoms with Crippen LogP contribution in [0.3, 0.4) is 0 Å². The van der Waals surface area contributed by atoms with Crippen molar-refractivity contribution in [3.63, 3.8) is 0 Å². The number of hydrogen-bond acceptors (Lipinski definition) is 4. The third kappa shape index (κ3) is 1.80. The van der Waals surface area contributed by atoms with Gasteiger partial charge in [0.25, 0.3) is 0 Å². The first-order valence-electron chi connectivity index (χ1n) is 5.60. The Labute approximate surface area is 99.6 Å². The summed E-state index contributed by atoms with van der Waals surface area (Å²) in [5, 5.41) is -0.459. The number of benzene rings is 1. The third-order valence-electron chi connectivity index (χ3n) is 3.13. The first-order chi connectivity index (χ1) is 8.17. The Morgan fingerprint density at radius 3 is 2.65 bits per heavy atom. The lowest BCUT2D eigenvalue weighted by Gasteiger charge is -2.08. The lowest BCUT2D eigenvalue weighted by molar-refractivity contribution is 0.591. The van der Waals surface area contributed by atoms with E-state index in [1.165, 1.54) is 0 Å². The third-order valence-corrected chi connectivity index (χ3v) is 5.33. The van der Waals surface area contributed by atoms with E-state index < -0.39 is 15.1 Å². The molecule has 1 aromatic carbocycles. The van der Waals surface area contributed by atoms with Crippen molar-refractivity contribution in [3.05, 3.63) is 36.2 Å². The van der Waals surface area contributed by atoms with Crippen LogP contribution in [0.25, 0.3) is 11.0 Å². The Morgan fingerprint density at radius 2 is 1.94 bits per heavy atom. The van der Waals surface area contributed by atoms with Gasteiger partial charge in [0, 0.05) is 0 Å². The van der Waals surface area contributed by atoms with E-state index in [0.717, 1.165) is 17.5 Å². The Kier molecular flexibility index (Phi) is 2.36. The minimum Gasteiger partial charge on any atom is -0.253 e. The van der Waals surface area contributed by atoms with Crippen LogP contribution in [0.1, 0.15) is 23.8 Å². The Balaban J connectivity index is 2.12. The zero-order valence-corrected chi connectivity index (χ0v) is 10.0. The molecule has 17 heavy (non-hydrogen) atoms. The van der Waals surface area contributed by atoms with Crippen molar-refractivity contribution in [2.75, 3.05) is 5.75 Å². The van der Waals surface area contributed by atoms with Crippen molar-refractivity contribution in [1.29, 1.82) is 0 Å². The molecule has 0 saturated carbocycles. The van der Waals surface area contributed by atoms with Gasteiger partial charge in [-0.2, -0.15) is 0 Å². The van der Waals surface area contributed by atoms with Crippen LogP contribution < -0.4 is 0 Å². The fraction of sp³-hybridized carbons (Fsp3) is 0.333. The number of rotatable bonds is 1. The van der Waals surface area contributed by atoms with Crippen molar-refractivity contribution in [1.82, 2.24) is 9.97 Å². The summed E-state index contributed by atoms with van der Waals surface area (Å²) >= 11 is 0. The molecule has 0 radical (unpaired) electrons. The Bertz CT molecular complexity index is 667. The van der Waals surface area contributed by atoms with E-state index in [1.54, 1.807) is 6.20 Å². The molecule has 1 saturated heterocycles. The van der Waals surface area contributed by atoms with Crippen LogP contribution in [-0.2, 0) is 9.84 Å². The molecule has 0 spiro atoms. The lowest BCUT2D eigenvalue weighted by Crippen LogP contribution is -2.10. The fourth-order valence-corrected chi connectivity index (χ4v) is 4.11. The highest BCUT2D eigenvalue weighted by molar-refractivity contribution is 7.91. The monoisotopic (exact) mass is 248 g/mol. The van der Waals surface area contributed by atoms with Crippen LogP contribution in [0.15, 0.2) is 30.5 Å². The molecule has 2 heterocycles. The summed E-state index contributed by atoms with van der Waals surface area (Å²) in [4.78, 5) is 8.68. The number of para-hydroxylation sites is 2. The molecule has 0 amide bonds. The highest BCUT2D eigenvalue weighted by Crippen LogP contribution is 2.33. The van der Waals surface area contributed by atoms with E-state index in [-0.39, 0.29) is 5.75 Å². The largest absolute Gasteiger partial charge is 0.253 e. The Morgan fingerprint density at radius 1 is 1.18 bits per heavy atom. The predicted molar refractivity (Wildman–Crippen MR) is 65.3 cm³/mol. The van der Waals surface area contributed by atoms with Gasteiger partial charge in [-0.05, 0) is 25.0 Å².